The van der Waals surface area contributed by atoms with Crippen LogP contribution in [0.5, 0.6) is 5.75 Å². The Labute approximate surface area is 190 Å². The van der Waals surface area contributed by atoms with E-state index in [4.69, 9.17) is 0 Å². The zero-order chi connectivity index (χ0) is 24.1. The molecule has 33 heavy (non-hydrogen) atoms. The fourth-order valence-electron chi connectivity index (χ4n) is 4.71. The van der Waals surface area contributed by atoms with Gasteiger partial charge in [-0.2, -0.15) is 0 Å². The molecule has 2 aliphatic rings. The summed E-state index contributed by atoms with van der Waals surface area (Å²) in [6.45, 7) is 7.09. The van der Waals surface area contributed by atoms with E-state index in [1.54, 1.807) is 4.90 Å². The van der Waals surface area contributed by atoms with Gasteiger partial charge in [-0.25, -0.2) is 8.78 Å². The minimum Gasteiger partial charge on any atom is -0.502 e. The maximum absolute atomic E-state index is 13.9. The van der Waals surface area contributed by atoms with Crippen LogP contribution in [0.1, 0.15) is 66.4 Å². The molecule has 1 N–H and O–H groups in total. The van der Waals surface area contributed by atoms with Gasteiger partial charge in [0.05, 0.1) is 5.56 Å². The van der Waals surface area contributed by atoms with E-state index in [2.05, 4.69) is 13.8 Å². The van der Waals surface area contributed by atoms with E-state index in [1.807, 2.05) is 11.9 Å². The Kier molecular flexibility index (Phi) is 5.76. The molecule has 0 spiro atoms. The van der Waals surface area contributed by atoms with Gasteiger partial charge in [-0.15, -0.1) is 0 Å². The Hall–Kier alpha value is -3.23. The molecule has 2 aromatic rings. The number of fused-ring (bicyclic) bond motifs is 3. The van der Waals surface area contributed by atoms with Crippen molar-refractivity contribution >= 4 is 11.7 Å². The number of pyridine rings is 1. The van der Waals surface area contributed by atoms with Crippen molar-refractivity contribution in [3.8, 4) is 5.75 Å². The monoisotopic (exact) mass is 459 g/mol. The number of aromatic nitrogens is 1. The zero-order valence-electron chi connectivity index (χ0n) is 18.9. The van der Waals surface area contributed by atoms with Crippen LogP contribution in [0.4, 0.5) is 8.78 Å². The molecular formula is C24H27F2N3O4. The molecule has 3 heterocycles. The molecule has 7 nitrogen and oxygen atoms in total. The third-order valence-corrected chi connectivity index (χ3v) is 6.64. The summed E-state index contributed by atoms with van der Waals surface area (Å²) in [6, 6.07) is 3.10. The lowest BCUT2D eigenvalue weighted by molar-refractivity contribution is 0.0407. The molecule has 0 radical (unpaired) electrons. The number of hydrogen-bond acceptors (Lipinski definition) is 5. The number of carbonyl (C=O) groups is 2. The van der Waals surface area contributed by atoms with Crippen molar-refractivity contribution in [3.05, 3.63) is 63.1 Å². The smallest absolute Gasteiger partial charge is 0.278 e. The first-order chi connectivity index (χ1) is 15.5. The number of rotatable bonds is 5. The molecule has 1 aromatic heterocycles. The van der Waals surface area contributed by atoms with Crippen molar-refractivity contribution in [3.63, 3.8) is 0 Å². The molecule has 1 fully saturated rings. The third kappa shape index (κ3) is 4.00. The first kappa shape index (κ1) is 22.9. The summed E-state index contributed by atoms with van der Waals surface area (Å²) in [4.78, 5) is 40.5. The summed E-state index contributed by atoms with van der Waals surface area (Å²) in [5, 5.41) is 12.6. The number of carbonyl (C=O) groups excluding carboxylic acids is 2. The van der Waals surface area contributed by atoms with Crippen LogP contribution < -0.4 is 10.4 Å². The molecular weight excluding hydrogens is 432 g/mol. The van der Waals surface area contributed by atoms with Crippen LogP contribution >= 0.6 is 0 Å². The first-order valence-electron chi connectivity index (χ1n) is 11.1. The minimum absolute atomic E-state index is 0.00529. The maximum atomic E-state index is 13.9. The number of aryl methyl sites for hydroxylation is 1. The Morgan fingerprint density at radius 2 is 1.97 bits per heavy atom. The molecule has 0 unspecified atom stereocenters. The lowest BCUT2D eigenvalue weighted by Gasteiger charge is -2.52. The van der Waals surface area contributed by atoms with Crippen LogP contribution in [0.25, 0.3) is 0 Å². The molecule has 1 aromatic carbocycles. The van der Waals surface area contributed by atoms with Crippen molar-refractivity contribution < 1.29 is 23.5 Å². The number of aromatic hydroxyl groups is 1. The highest BCUT2D eigenvalue weighted by atomic mass is 19.1. The number of amides is 1. The second-order valence-corrected chi connectivity index (χ2v) is 9.43. The van der Waals surface area contributed by atoms with Crippen molar-refractivity contribution in [1.29, 1.82) is 0 Å². The van der Waals surface area contributed by atoms with Crippen molar-refractivity contribution in [2.24, 2.45) is 5.41 Å². The summed E-state index contributed by atoms with van der Waals surface area (Å²) >= 11 is 0. The summed E-state index contributed by atoms with van der Waals surface area (Å²) in [6.07, 6.45) is 2.34. The molecule has 0 aliphatic carbocycles. The summed E-state index contributed by atoms with van der Waals surface area (Å²) in [5.41, 5.74) is -1.19. The van der Waals surface area contributed by atoms with Gasteiger partial charge in [0.1, 0.15) is 17.8 Å². The van der Waals surface area contributed by atoms with Crippen LogP contribution in [-0.4, -0.2) is 45.6 Å². The number of benzene rings is 1. The normalized spacial score (nSPS) is 19.3. The van der Waals surface area contributed by atoms with Crippen LogP contribution in [-0.2, 0) is 6.42 Å². The van der Waals surface area contributed by atoms with Gasteiger partial charge in [0.15, 0.2) is 17.2 Å². The molecule has 1 amide bonds. The van der Waals surface area contributed by atoms with E-state index in [0.29, 0.717) is 19.5 Å². The molecule has 9 heteroatoms. The van der Waals surface area contributed by atoms with Gasteiger partial charge in [0.2, 0.25) is 5.43 Å². The Bertz CT molecular complexity index is 1190. The molecule has 0 bridgehead atoms. The van der Waals surface area contributed by atoms with Crippen molar-refractivity contribution in [2.75, 3.05) is 18.1 Å². The van der Waals surface area contributed by atoms with E-state index in [-0.39, 0.29) is 41.2 Å². The van der Waals surface area contributed by atoms with Crippen LogP contribution in [0.2, 0.25) is 0 Å². The van der Waals surface area contributed by atoms with Crippen LogP contribution in [0.15, 0.2) is 29.2 Å². The quantitative estimate of drug-likeness (QED) is 0.695. The van der Waals surface area contributed by atoms with Gasteiger partial charge >= 0.3 is 0 Å². The van der Waals surface area contributed by atoms with Crippen LogP contribution in [0.3, 0.4) is 0 Å². The number of halogens is 2. The Balaban J connectivity index is 1.70. The summed E-state index contributed by atoms with van der Waals surface area (Å²) < 4.78 is 28.5. The molecule has 4 rings (SSSR count). The van der Waals surface area contributed by atoms with E-state index in [1.165, 1.54) is 16.9 Å². The maximum Gasteiger partial charge on any atom is 0.278 e. The number of nitrogens with zero attached hydrogens (tertiary/aromatic N) is 3. The van der Waals surface area contributed by atoms with E-state index < -0.39 is 34.5 Å². The van der Waals surface area contributed by atoms with Gasteiger partial charge in [-0.3, -0.25) is 24.1 Å². The number of ketones is 1. The van der Waals surface area contributed by atoms with Gasteiger partial charge in [0.25, 0.3) is 5.91 Å². The summed E-state index contributed by atoms with van der Waals surface area (Å²) in [5.74, 6) is -3.30. The minimum atomic E-state index is -0.925. The number of Topliss-reactive ketones (excluding diaryl/α,β-unsaturated/α-hetero) is 1. The van der Waals surface area contributed by atoms with Crippen LogP contribution in [0, 0.1) is 17.0 Å². The van der Waals surface area contributed by atoms with Gasteiger partial charge < -0.3 is 10.0 Å². The predicted octanol–water partition coefficient (Wildman–Crippen LogP) is 3.21. The third-order valence-electron chi connectivity index (χ3n) is 6.64. The Morgan fingerprint density at radius 3 is 2.64 bits per heavy atom. The lowest BCUT2D eigenvalue weighted by Crippen LogP contribution is -2.65. The molecule has 0 saturated carbocycles. The second-order valence-electron chi connectivity index (χ2n) is 9.43. The SMILES string of the molecule is CCN1C(=O)c2c(O)c(=O)c(C(=O)CCc3ccc(F)cc3F)cn2N2CCC(C)(C)C[C@@H]12. The fraction of sp³-hybridized carbons (Fsp3) is 0.458. The topological polar surface area (TPSA) is 82.9 Å². The zero-order valence-corrected chi connectivity index (χ0v) is 18.9. The van der Waals surface area contributed by atoms with E-state index in [9.17, 15) is 28.3 Å². The largest absolute Gasteiger partial charge is 0.502 e. The first-order valence-corrected chi connectivity index (χ1v) is 11.1. The average Bonchev–Trinajstić information content (AvgIpc) is 2.74. The molecule has 2 aliphatic heterocycles. The molecule has 1 saturated heterocycles. The average molecular weight is 459 g/mol. The summed E-state index contributed by atoms with van der Waals surface area (Å²) in [7, 11) is 0. The van der Waals surface area contributed by atoms with E-state index >= 15 is 0 Å². The highest BCUT2D eigenvalue weighted by Crippen LogP contribution is 2.38. The number of piperidine rings is 1. The Morgan fingerprint density at radius 1 is 1.24 bits per heavy atom. The molecule has 1 atom stereocenters. The van der Waals surface area contributed by atoms with Gasteiger partial charge in [-0.05, 0) is 43.2 Å². The fourth-order valence-corrected chi connectivity index (χ4v) is 4.71. The number of hydrogen-bond donors (Lipinski definition) is 1. The lowest BCUT2D eigenvalue weighted by atomic mass is 9.80. The highest BCUT2D eigenvalue weighted by molar-refractivity contribution is 6.00. The predicted molar refractivity (Wildman–Crippen MR) is 118 cm³/mol. The van der Waals surface area contributed by atoms with Crippen molar-refractivity contribution in [1.82, 2.24) is 9.58 Å². The standard InChI is InChI=1S/C24H27F2N3O4/c1-4-27-19-12-24(2,3)9-10-28(19)29-13-16(21(31)22(32)20(29)23(27)33)18(30)8-6-14-5-7-15(25)11-17(14)26/h5,7,11,13,19,32H,4,6,8-10,12H2,1-3H3/t19-/m0/s1. The highest BCUT2D eigenvalue weighted by Gasteiger charge is 2.44. The van der Waals surface area contributed by atoms with Gasteiger partial charge in [-0.1, -0.05) is 19.9 Å². The molecule has 176 valence electrons. The second kappa shape index (κ2) is 8.28. The van der Waals surface area contributed by atoms with Crippen molar-refractivity contribution in [2.45, 2.75) is 52.6 Å². The van der Waals surface area contributed by atoms with E-state index in [0.717, 1.165) is 18.6 Å². The van der Waals surface area contributed by atoms with Gasteiger partial charge in [0, 0.05) is 31.8 Å².